The predicted molar refractivity (Wildman–Crippen MR) is 51.6 cm³/mol. The molecule has 2 rings (SSSR count). The molecule has 2 fully saturated rings. The van der Waals surface area contributed by atoms with Crippen LogP contribution < -0.4 is 0 Å². The molecule has 1 unspecified atom stereocenters. The normalized spacial score (nSPS) is 29.5. The minimum Gasteiger partial charge on any atom is -0.368 e. The first-order chi connectivity index (χ1) is 6.87. The largest absolute Gasteiger partial charge is 0.368 e. The van der Waals surface area contributed by atoms with Gasteiger partial charge in [-0.05, 0) is 12.8 Å². The zero-order valence-electron chi connectivity index (χ0n) is 8.33. The van der Waals surface area contributed by atoms with Gasteiger partial charge in [-0.2, -0.15) is 0 Å². The fraction of sp³-hybridized carbons (Fsp3) is 0.818. The van der Waals surface area contributed by atoms with Crippen molar-refractivity contribution in [2.45, 2.75) is 25.0 Å². The molecule has 2 aliphatic rings. The molecule has 1 atom stereocenters. The smallest absolute Gasteiger partial charge is 0.173 e. The van der Waals surface area contributed by atoms with Gasteiger partial charge in [0, 0.05) is 12.3 Å². The van der Waals surface area contributed by atoms with Crippen molar-refractivity contribution < 1.29 is 14.2 Å². The minimum absolute atomic E-state index is 0.339. The number of rotatable bonds is 3. The van der Waals surface area contributed by atoms with E-state index >= 15 is 0 Å². The van der Waals surface area contributed by atoms with Gasteiger partial charge in [0.2, 0.25) is 0 Å². The van der Waals surface area contributed by atoms with E-state index in [0.717, 1.165) is 19.3 Å². The Bertz CT molecular complexity index is 220. The van der Waals surface area contributed by atoms with Crippen LogP contribution in [0.1, 0.15) is 19.3 Å². The lowest BCUT2D eigenvalue weighted by Gasteiger charge is -2.28. The monoisotopic (exact) mass is 196 g/mol. The van der Waals surface area contributed by atoms with Gasteiger partial charge in [-0.25, -0.2) is 0 Å². The van der Waals surface area contributed by atoms with Gasteiger partial charge >= 0.3 is 0 Å². The molecule has 1 saturated carbocycles. The molecule has 3 heteroatoms. The SMILES string of the molecule is C#CCOCC1CCCC12OCCO2. The van der Waals surface area contributed by atoms with E-state index < -0.39 is 0 Å². The number of ether oxygens (including phenoxy) is 3. The first-order valence-electron chi connectivity index (χ1n) is 5.16. The summed E-state index contributed by atoms with van der Waals surface area (Å²) >= 11 is 0. The molecule has 1 heterocycles. The van der Waals surface area contributed by atoms with Crippen LogP contribution in [0.25, 0.3) is 0 Å². The molecule has 0 amide bonds. The average molecular weight is 196 g/mol. The highest BCUT2D eigenvalue weighted by molar-refractivity contribution is 4.89. The Kier molecular flexibility index (Phi) is 3.07. The maximum Gasteiger partial charge on any atom is 0.173 e. The summed E-state index contributed by atoms with van der Waals surface area (Å²) in [4.78, 5) is 0. The molecule has 0 N–H and O–H groups in total. The Balaban J connectivity index is 1.87. The molecule has 0 radical (unpaired) electrons. The number of hydrogen-bond donors (Lipinski definition) is 0. The van der Waals surface area contributed by atoms with Crippen molar-refractivity contribution in [1.29, 1.82) is 0 Å². The first kappa shape index (κ1) is 9.97. The van der Waals surface area contributed by atoms with E-state index in [4.69, 9.17) is 20.6 Å². The van der Waals surface area contributed by atoms with Crippen LogP contribution in [-0.2, 0) is 14.2 Å². The van der Waals surface area contributed by atoms with Crippen LogP contribution in [0.2, 0.25) is 0 Å². The first-order valence-corrected chi connectivity index (χ1v) is 5.16. The zero-order valence-corrected chi connectivity index (χ0v) is 8.33. The summed E-state index contributed by atoms with van der Waals surface area (Å²) in [7, 11) is 0. The summed E-state index contributed by atoms with van der Waals surface area (Å²) in [5.41, 5.74) is 0. The maximum absolute atomic E-state index is 5.69. The lowest BCUT2D eigenvalue weighted by molar-refractivity contribution is -0.190. The van der Waals surface area contributed by atoms with Crippen molar-refractivity contribution in [1.82, 2.24) is 0 Å². The van der Waals surface area contributed by atoms with Crippen LogP contribution >= 0.6 is 0 Å². The van der Waals surface area contributed by atoms with Crippen LogP contribution in [0.4, 0.5) is 0 Å². The van der Waals surface area contributed by atoms with Crippen LogP contribution in [0.3, 0.4) is 0 Å². The molecule has 1 aliphatic carbocycles. The van der Waals surface area contributed by atoms with Gasteiger partial charge in [-0.3, -0.25) is 0 Å². The van der Waals surface area contributed by atoms with Crippen molar-refractivity contribution in [2.75, 3.05) is 26.4 Å². The second-order valence-electron chi connectivity index (χ2n) is 3.82. The minimum atomic E-state index is -0.339. The lowest BCUT2D eigenvalue weighted by Crippen LogP contribution is -2.37. The second-order valence-corrected chi connectivity index (χ2v) is 3.82. The van der Waals surface area contributed by atoms with E-state index in [-0.39, 0.29) is 5.79 Å². The third kappa shape index (κ3) is 1.78. The molecule has 1 saturated heterocycles. The maximum atomic E-state index is 5.69. The summed E-state index contributed by atoms with van der Waals surface area (Å²) < 4.78 is 16.7. The summed E-state index contributed by atoms with van der Waals surface area (Å²) in [5, 5.41) is 0. The van der Waals surface area contributed by atoms with E-state index in [9.17, 15) is 0 Å². The summed E-state index contributed by atoms with van der Waals surface area (Å²) in [6.07, 6.45) is 8.39. The average Bonchev–Trinajstić information content (AvgIpc) is 2.80. The highest BCUT2D eigenvalue weighted by Gasteiger charge is 2.47. The van der Waals surface area contributed by atoms with Crippen molar-refractivity contribution >= 4 is 0 Å². The fourth-order valence-corrected chi connectivity index (χ4v) is 2.34. The van der Waals surface area contributed by atoms with E-state index in [1.807, 2.05) is 0 Å². The molecular weight excluding hydrogens is 180 g/mol. The Morgan fingerprint density at radius 3 is 2.93 bits per heavy atom. The summed E-state index contributed by atoms with van der Waals surface area (Å²) in [6, 6.07) is 0. The quantitative estimate of drug-likeness (QED) is 0.501. The Labute approximate surface area is 84.7 Å². The van der Waals surface area contributed by atoms with Crippen molar-refractivity contribution in [3.8, 4) is 12.3 Å². The molecule has 1 spiro atoms. The Morgan fingerprint density at radius 1 is 1.43 bits per heavy atom. The number of hydrogen-bond acceptors (Lipinski definition) is 3. The molecule has 0 bridgehead atoms. The lowest BCUT2D eigenvalue weighted by atomic mass is 10.0. The highest BCUT2D eigenvalue weighted by atomic mass is 16.7. The third-order valence-electron chi connectivity index (χ3n) is 2.98. The Morgan fingerprint density at radius 2 is 2.21 bits per heavy atom. The molecule has 14 heavy (non-hydrogen) atoms. The molecular formula is C11H16O3. The van der Waals surface area contributed by atoms with Crippen molar-refractivity contribution in [3.63, 3.8) is 0 Å². The van der Waals surface area contributed by atoms with Crippen LogP contribution in [0.5, 0.6) is 0 Å². The summed E-state index contributed by atoms with van der Waals surface area (Å²) in [5.74, 6) is 2.49. The van der Waals surface area contributed by atoms with E-state index in [1.54, 1.807) is 0 Å². The molecule has 1 aliphatic heterocycles. The molecule has 78 valence electrons. The topological polar surface area (TPSA) is 27.7 Å². The molecule has 0 aromatic heterocycles. The molecule has 3 nitrogen and oxygen atoms in total. The van der Waals surface area contributed by atoms with Gasteiger partial charge in [0.25, 0.3) is 0 Å². The van der Waals surface area contributed by atoms with E-state index in [0.29, 0.717) is 32.3 Å². The van der Waals surface area contributed by atoms with Crippen LogP contribution in [-0.4, -0.2) is 32.2 Å². The van der Waals surface area contributed by atoms with Gasteiger partial charge < -0.3 is 14.2 Å². The van der Waals surface area contributed by atoms with Crippen LogP contribution in [0, 0.1) is 18.3 Å². The van der Waals surface area contributed by atoms with Gasteiger partial charge in [0.15, 0.2) is 5.79 Å². The third-order valence-corrected chi connectivity index (χ3v) is 2.98. The predicted octanol–water partition coefficient (Wildman–Crippen LogP) is 1.18. The number of terminal acetylenes is 1. The zero-order chi connectivity index (χ0) is 9.86. The molecule has 0 aromatic rings. The molecule has 0 aromatic carbocycles. The van der Waals surface area contributed by atoms with E-state index in [1.165, 1.54) is 0 Å². The van der Waals surface area contributed by atoms with Crippen LogP contribution in [0.15, 0.2) is 0 Å². The van der Waals surface area contributed by atoms with Gasteiger partial charge in [0.05, 0.1) is 19.8 Å². The van der Waals surface area contributed by atoms with Crippen molar-refractivity contribution in [3.05, 3.63) is 0 Å². The second kappa shape index (κ2) is 4.31. The van der Waals surface area contributed by atoms with Gasteiger partial charge in [0.1, 0.15) is 6.61 Å². The van der Waals surface area contributed by atoms with Crippen molar-refractivity contribution in [2.24, 2.45) is 5.92 Å². The van der Waals surface area contributed by atoms with Gasteiger partial charge in [-0.1, -0.05) is 5.92 Å². The van der Waals surface area contributed by atoms with E-state index in [2.05, 4.69) is 5.92 Å². The fourth-order valence-electron chi connectivity index (χ4n) is 2.34. The summed E-state index contributed by atoms with van der Waals surface area (Å²) in [6.45, 7) is 2.47. The Hall–Kier alpha value is -0.560. The highest BCUT2D eigenvalue weighted by Crippen LogP contribution is 2.42. The standard InChI is InChI=1S/C11H16O3/c1-2-6-12-9-10-4-3-5-11(10)13-7-8-14-11/h1,10H,3-9H2. The van der Waals surface area contributed by atoms with Gasteiger partial charge in [-0.15, -0.1) is 6.42 Å².